The molecule has 7 heteroatoms. The monoisotopic (exact) mass is 285 g/mol. The smallest absolute Gasteiger partial charge is 0.303 e. The lowest BCUT2D eigenvalue weighted by atomic mass is 10.1. The van der Waals surface area contributed by atoms with E-state index in [-0.39, 0.29) is 18.6 Å². The van der Waals surface area contributed by atoms with Crippen molar-refractivity contribution >= 4 is 21.7 Å². The first kappa shape index (κ1) is 13.7. The van der Waals surface area contributed by atoms with Crippen LogP contribution in [0.1, 0.15) is 18.4 Å². The van der Waals surface area contributed by atoms with Crippen molar-refractivity contribution in [2.45, 2.75) is 19.3 Å². The highest BCUT2D eigenvalue weighted by atomic mass is 32.2. The van der Waals surface area contributed by atoms with Gasteiger partial charge in [0.2, 0.25) is 10.0 Å². The lowest BCUT2D eigenvalue weighted by molar-refractivity contribution is -0.137. The molecule has 6 nitrogen and oxygen atoms in total. The average Bonchev–Trinajstić information content (AvgIpc) is 2.74. The molecule has 0 saturated heterocycles. The summed E-state index contributed by atoms with van der Waals surface area (Å²) >= 11 is 0. The molecular formula is C12H15NO5S. The highest BCUT2D eigenvalue weighted by Crippen LogP contribution is 2.28. The van der Waals surface area contributed by atoms with Gasteiger partial charge in [0.1, 0.15) is 5.75 Å². The molecule has 0 unspecified atom stereocenters. The summed E-state index contributed by atoms with van der Waals surface area (Å²) in [5, 5.41) is 8.48. The van der Waals surface area contributed by atoms with Gasteiger partial charge >= 0.3 is 5.97 Å². The largest absolute Gasteiger partial charge is 0.493 e. The van der Waals surface area contributed by atoms with Crippen LogP contribution in [-0.2, 0) is 21.2 Å². The molecule has 19 heavy (non-hydrogen) atoms. The maximum atomic E-state index is 11.7. The van der Waals surface area contributed by atoms with Crippen molar-refractivity contribution in [2.24, 2.45) is 0 Å². The van der Waals surface area contributed by atoms with E-state index in [0.717, 1.165) is 17.7 Å². The normalized spacial score (nSPS) is 13.7. The fourth-order valence-corrected chi connectivity index (χ4v) is 3.01. The van der Waals surface area contributed by atoms with Crippen LogP contribution < -0.4 is 9.46 Å². The summed E-state index contributed by atoms with van der Waals surface area (Å²) in [4.78, 5) is 10.3. The van der Waals surface area contributed by atoms with E-state index in [1.54, 1.807) is 18.2 Å². The first-order chi connectivity index (χ1) is 8.96. The summed E-state index contributed by atoms with van der Waals surface area (Å²) in [5.41, 5.74) is 1.46. The zero-order valence-corrected chi connectivity index (χ0v) is 11.1. The number of sulfonamides is 1. The van der Waals surface area contributed by atoms with Crippen LogP contribution >= 0.6 is 0 Å². The molecule has 1 aliphatic heterocycles. The van der Waals surface area contributed by atoms with Gasteiger partial charge in [0.15, 0.2) is 0 Å². The molecule has 0 aliphatic carbocycles. The minimum atomic E-state index is -3.50. The number of nitrogens with one attached hydrogen (secondary N) is 1. The van der Waals surface area contributed by atoms with Gasteiger partial charge in [-0.25, -0.2) is 8.42 Å². The van der Waals surface area contributed by atoms with Gasteiger partial charge < -0.3 is 9.84 Å². The van der Waals surface area contributed by atoms with Gasteiger partial charge in [0.25, 0.3) is 0 Å². The van der Waals surface area contributed by atoms with Crippen LogP contribution in [0.3, 0.4) is 0 Å². The molecule has 1 heterocycles. The molecule has 2 N–H and O–H groups in total. The third kappa shape index (κ3) is 3.85. The van der Waals surface area contributed by atoms with Gasteiger partial charge in [0, 0.05) is 18.5 Å². The molecule has 1 aromatic carbocycles. The molecule has 104 valence electrons. The summed E-state index contributed by atoms with van der Waals surface area (Å²) < 4.78 is 31.3. The van der Waals surface area contributed by atoms with Crippen molar-refractivity contribution in [3.8, 4) is 5.75 Å². The second-order valence-corrected chi connectivity index (χ2v) is 6.18. The highest BCUT2D eigenvalue weighted by Gasteiger charge is 2.15. The molecule has 0 bridgehead atoms. The highest BCUT2D eigenvalue weighted by molar-refractivity contribution is 7.92. The molecule has 2 rings (SSSR count). The second-order valence-electron chi connectivity index (χ2n) is 4.34. The molecule has 1 aromatic rings. The number of rotatable bonds is 6. The van der Waals surface area contributed by atoms with Crippen molar-refractivity contribution in [1.82, 2.24) is 0 Å². The quantitative estimate of drug-likeness (QED) is 0.820. The third-order valence-corrected chi connectivity index (χ3v) is 4.14. The Bertz CT molecular complexity index is 582. The molecule has 0 atom stereocenters. The summed E-state index contributed by atoms with van der Waals surface area (Å²) in [6.07, 6.45) is 0.710. The first-order valence-electron chi connectivity index (χ1n) is 5.94. The molecule has 0 spiro atoms. The maximum absolute atomic E-state index is 11.7. The van der Waals surface area contributed by atoms with E-state index in [1.165, 1.54) is 0 Å². The Morgan fingerprint density at radius 3 is 2.95 bits per heavy atom. The van der Waals surface area contributed by atoms with E-state index in [1.807, 2.05) is 0 Å². The van der Waals surface area contributed by atoms with Crippen molar-refractivity contribution in [3.63, 3.8) is 0 Å². The fraction of sp³-hybridized carbons (Fsp3) is 0.417. The number of aliphatic carboxylic acids is 1. The van der Waals surface area contributed by atoms with Gasteiger partial charge in [0.05, 0.1) is 12.4 Å². The number of fused-ring (bicyclic) bond motifs is 1. The minimum Gasteiger partial charge on any atom is -0.493 e. The number of carbonyl (C=O) groups is 1. The van der Waals surface area contributed by atoms with Crippen LogP contribution in [0.2, 0.25) is 0 Å². The number of carboxylic acids is 1. The SMILES string of the molecule is O=C(O)CCCS(=O)(=O)Nc1ccc2c(c1)CCO2. The molecule has 0 amide bonds. The number of hydrogen-bond donors (Lipinski definition) is 2. The Labute approximate surface area is 111 Å². The summed E-state index contributed by atoms with van der Waals surface area (Å²) in [5.74, 6) is -0.411. The molecule has 0 saturated carbocycles. The molecular weight excluding hydrogens is 270 g/mol. The molecule has 1 aliphatic rings. The first-order valence-corrected chi connectivity index (χ1v) is 7.59. The number of carboxylic acid groups (broad SMARTS) is 1. The standard InChI is InChI=1S/C12H15NO5S/c14-12(15)2-1-7-19(16,17)13-10-3-4-11-9(8-10)5-6-18-11/h3-4,8,13H,1-2,5-7H2,(H,14,15). The van der Waals surface area contributed by atoms with E-state index in [9.17, 15) is 13.2 Å². The van der Waals surface area contributed by atoms with Crippen LogP contribution in [0.4, 0.5) is 5.69 Å². The van der Waals surface area contributed by atoms with Crippen LogP contribution in [0.5, 0.6) is 5.75 Å². The zero-order valence-electron chi connectivity index (χ0n) is 10.3. The van der Waals surface area contributed by atoms with Crippen molar-refractivity contribution < 1.29 is 23.1 Å². The van der Waals surface area contributed by atoms with Gasteiger partial charge in [-0.3, -0.25) is 9.52 Å². The Hall–Kier alpha value is -1.76. The minimum absolute atomic E-state index is 0.0960. The second kappa shape index (κ2) is 5.48. The summed E-state index contributed by atoms with van der Waals surface area (Å²) in [7, 11) is -3.50. The number of hydrogen-bond acceptors (Lipinski definition) is 4. The maximum Gasteiger partial charge on any atom is 0.303 e. The third-order valence-electron chi connectivity index (χ3n) is 2.77. The Kier molecular flexibility index (Phi) is 3.94. The van der Waals surface area contributed by atoms with Crippen molar-refractivity contribution in [3.05, 3.63) is 23.8 Å². The van der Waals surface area contributed by atoms with E-state index < -0.39 is 16.0 Å². The van der Waals surface area contributed by atoms with E-state index >= 15 is 0 Å². The van der Waals surface area contributed by atoms with E-state index in [0.29, 0.717) is 12.3 Å². The molecule has 0 fully saturated rings. The summed E-state index contributed by atoms with van der Waals surface area (Å²) in [6.45, 7) is 0.615. The lowest BCUT2D eigenvalue weighted by Crippen LogP contribution is -2.17. The fourth-order valence-electron chi connectivity index (χ4n) is 1.89. The van der Waals surface area contributed by atoms with Crippen LogP contribution in [-0.4, -0.2) is 31.9 Å². The molecule has 0 aromatic heterocycles. The van der Waals surface area contributed by atoms with Crippen molar-refractivity contribution in [1.29, 1.82) is 0 Å². The van der Waals surface area contributed by atoms with Crippen LogP contribution in [0.25, 0.3) is 0 Å². The Morgan fingerprint density at radius 2 is 2.21 bits per heavy atom. The number of anilines is 1. The Morgan fingerprint density at radius 1 is 1.42 bits per heavy atom. The number of benzene rings is 1. The van der Waals surface area contributed by atoms with E-state index in [4.69, 9.17) is 9.84 Å². The zero-order chi connectivity index (χ0) is 13.9. The van der Waals surface area contributed by atoms with Gasteiger partial charge in [-0.15, -0.1) is 0 Å². The topological polar surface area (TPSA) is 92.7 Å². The van der Waals surface area contributed by atoms with E-state index in [2.05, 4.69) is 4.72 Å². The van der Waals surface area contributed by atoms with Crippen LogP contribution in [0.15, 0.2) is 18.2 Å². The lowest BCUT2D eigenvalue weighted by Gasteiger charge is -2.08. The van der Waals surface area contributed by atoms with Crippen molar-refractivity contribution in [2.75, 3.05) is 17.1 Å². The predicted octanol–water partition coefficient (Wildman–Crippen LogP) is 1.23. The van der Waals surface area contributed by atoms with Crippen LogP contribution in [0, 0.1) is 0 Å². The molecule has 0 radical (unpaired) electrons. The van der Waals surface area contributed by atoms with Gasteiger partial charge in [-0.1, -0.05) is 0 Å². The average molecular weight is 285 g/mol. The van der Waals surface area contributed by atoms with Gasteiger partial charge in [-0.05, 0) is 30.2 Å². The Balaban J connectivity index is 1.98. The number of ether oxygens (including phenoxy) is 1. The summed E-state index contributed by atoms with van der Waals surface area (Å²) in [6, 6.07) is 5.12. The predicted molar refractivity (Wildman–Crippen MR) is 69.9 cm³/mol. The van der Waals surface area contributed by atoms with Gasteiger partial charge in [-0.2, -0.15) is 0 Å².